The number of nitrogen functional groups attached to an aromatic ring is 1. The fourth-order valence-electron chi connectivity index (χ4n) is 1.43. The van der Waals surface area contributed by atoms with Gasteiger partial charge < -0.3 is 21.1 Å². The molecule has 0 aliphatic heterocycles. The monoisotopic (exact) mass is 257 g/mol. The van der Waals surface area contributed by atoms with Crippen LogP contribution in [0.1, 0.15) is 23.5 Å². The van der Waals surface area contributed by atoms with Gasteiger partial charge in [-0.1, -0.05) is 0 Å². The lowest BCUT2D eigenvalue weighted by Crippen LogP contribution is -2.22. The first-order chi connectivity index (χ1) is 8.08. The van der Waals surface area contributed by atoms with Crippen LogP contribution in [0.25, 0.3) is 0 Å². The molecule has 96 valence electrons. The van der Waals surface area contributed by atoms with Crippen LogP contribution in [-0.4, -0.2) is 32.2 Å². The summed E-state index contributed by atoms with van der Waals surface area (Å²) in [6.07, 6.45) is 0. The number of methoxy groups -OCH3 is 1. The molecule has 0 saturated heterocycles. The number of nitrogens with one attached hydrogen (secondary N) is 2. The third kappa shape index (κ3) is 3.90. The van der Waals surface area contributed by atoms with E-state index in [-0.39, 0.29) is 11.9 Å². The Bertz CT molecular complexity index is 379. The third-order valence-electron chi connectivity index (χ3n) is 2.11. The molecule has 1 amide bonds. The van der Waals surface area contributed by atoms with E-state index >= 15 is 0 Å². The Kier molecular flexibility index (Phi) is 5.24. The Labute approximate surface area is 105 Å². The lowest BCUT2D eigenvalue weighted by molar-refractivity contribution is 0.0960. The van der Waals surface area contributed by atoms with Crippen molar-refractivity contribution in [2.75, 3.05) is 31.3 Å². The van der Waals surface area contributed by atoms with Gasteiger partial charge in [-0.3, -0.25) is 4.79 Å². The number of hydrogen-bond donors (Lipinski definition) is 3. The number of nitrogens with two attached hydrogens (primary N) is 1. The van der Waals surface area contributed by atoms with E-state index in [1.54, 1.807) is 13.2 Å². The van der Waals surface area contributed by atoms with Gasteiger partial charge in [-0.25, -0.2) is 0 Å². The molecule has 17 heavy (non-hydrogen) atoms. The van der Waals surface area contributed by atoms with Crippen molar-refractivity contribution in [3.63, 3.8) is 0 Å². The van der Waals surface area contributed by atoms with Crippen molar-refractivity contribution in [2.45, 2.75) is 19.9 Å². The Balaban J connectivity index is 2.70. The first-order valence-electron chi connectivity index (χ1n) is 5.51. The molecule has 0 fully saturated rings. The van der Waals surface area contributed by atoms with Gasteiger partial charge in [0.15, 0.2) is 0 Å². The lowest BCUT2D eigenvalue weighted by atomic mass is 10.3. The van der Waals surface area contributed by atoms with Crippen LogP contribution in [0.3, 0.4) is 0 Å². The SMILES string of the molecule is CCNC(=O)c1sc(NC(C)COC)cc1N. The zero-order valence-corrected chi connectivity index (χ0v) is 11.2. The molecule has 1 atom stereocenters. The number of anilines is 2. The third-order valence-corrected chi connectivity index (χ3v) is 3.19. The molecule has 0 bridgehead atoms. The van der Waals surface area contributed by atoms with Gasteiger partial charge in [-0.05, 0) is 19.9 Å². The molecule has 0 aliphatic rings. The Hall–Kier alpha value is -1.27. The molecule has 0 radical (unpaired) electrons. The van der Waals surface area contributed by atoms with Crippen LogP contribution in [0, 0.1) is 0 Å². The predicted molar refractivity (Wildman–Crippen MR) is 71.7 cm³/mol. The maximum absolute atomic E-state index is 11.7. The molecule has 0 aliphatic carbocycles. The van der Waals surface area contributed by atoms with E-state index in [2.05, 4.69) is 10.6 Å². The number of carbonyl (C=O) groups is 1. The standard InChI is InChI=1S/C11H19N3O2S/c1-4-13-11(15)10-8(12)5-9(17-10)14-7(2)6-16-3/h5,7,14H,4,6,12H2,1-3H3,(H,13,15). The van der Waals surface area contributed by atoms with Crippen molar-refractivity contribution in [3.05, 3.63) is 10.9 Å². The highest BCUT2D eigenvalue weighted by Gasteiger charge is 2.14. The van der Waals surface area contributed by atoms with Gasteiger partial charge in [0, 0.05) is 19.7 Å². The minimum atomic E-state index is -0.123. The lowest BCUT2D eigenvalue weighted by Gasteiger charge is -2.11. The topological polar surface area (TPSA) is 76.4 Å². The van der Waals surface area contributed by atoms with Crippen molar-refractivity contribution < 1.29 is 9.53 Å². The van der Waals surface area contributed by atoms with Crippen LogP contribution in [0.5, 0.6) is 0 Å². The molecular formula is C11H19N3O2S. The number of rotatable bonds is 6. The van der Waals surface area contributed by atoms with Gasteiger partial charge >= 0.3 is 0 Å². The van der Waals surface area contributed by atoms with Crippen molar-refractivity contribution in [2.24, 2.45) is 0 Å². The van der Waals surface area contributed by atoms with Crippen LogP contribution in [0.2, 0.25) is 0 Å². The summed E-state index contributed by atoms with van der Waals surface area (Å²) in [6.45, 7) is 5.08. The van der Waals surface area contributed by atoms with E-state index in [0.29, 0.717) is 23.7 Å². The van der Waals surface area contributed by atoms with Crippen molar-refractivity contribution in [3.8, 4) is 0 Å². The largest absolute Gasteiger partial charge is 0.397 e. The molecule has 0 spiro atoms. The number of carbonyl (C=O) groups excluding carboxylic acids is 1. The number of amides is 1. The van der Waals surface area contributed by atoms with Crippen molar-refractivity contribution in [1.82, 2.24) is 5.32 Å². The Morgan fingerprint density at radius 1 is 1.65 bits per heavy atom. The summed E-state index contributed by atoms with van der Waals surface area (Å²) in [5.41, 5.74) is 6.31. The van der Waals surface area contributed by atoms with Gasteiger partial charge in [0.2, 0.25) is 0 Å². The zero-order chi connectivity index (χ0) is 12.8. The second-order valence-corrected chi connectivity index (χ2v) is 4.81. The van der Waals surface area contributed by atoms with Gasteiger partial charge in [0.25, 0.3) is 5.91 Å². The fraction of sp³-hybridized carbons (Fsp3) is 0.545. The second kappa shape index (κ2) is 6.46. The van der Waals surface area contributed by atoms with E-state index in [1.807, 2.05) is 13.8 Å². The highest BCUT2D eigenvalue weighted by atomic mass is 32.1. The first-order valence-corrected chi connectivity index (χ1v) is 6.33. The number of hydrogen-bond acceptors (Lipinski definition) is 5. The molecule has 0 aromatic carbocycles. The molecule has 1 aromatic heterocycles. The van der Waals surface area contributed by atoms with Crippen LogP contribution >= 0.6 is 11.3 Å². The maximum Gasteiger partial charge on any atom is 0.263 e. The predicted octanol–water partition coefficient (Wildman–Crippen LogP) is 1.53. The second-order valence-electron chi connectivity index (χ2n) is 3.76. The fourth-order valence-corrected chi connectivity index (χ4v) is 2.44. The molecule has 1 aromatic rings. The summed E-state index contributed by atoms with van der Waals surface area (Å²) in [5, 5.41) is 6.85. The summed E-state index contributed by atoms with van der Waals surface area (Å²) in [6, 6.07) is 1.96. The summed E-state index contributed by atoms with van der Waals surface area (Å²) in [4.78, 5) is 12.2. The molecule has 1 rings (SSSR count). The quantitative estimate of drug-likeness (QED) is 0.722. The van der Waals surface area contributed by atoms with Crippen LogP contribution < -0.4 is 16.4 Å². The minimum Gasteiger partial charge on any atom is -0.397 e. The average Bonchev–Trinajstić information content (AvgIpc) is 2.60. The minimum absolute atomic E-state index is 0.123. The van der Waals surface area contributed by atoms with Crippen LogP contribution in [0.15, 0.2) is 6.07 Å². The molecule has 1 heterocycles. The molecule has 5 nitrogen and oxygen atoms in total. The molecule has 1 unspecified atom stereocenters. The number of ether oxygens (including phenoxy) is 1. The average molecular weight is 257 g/mol. The van der Waals surface area contributed by atoms with Gasteiger partial charge in [0.1, 0.15) is 4.88 Å². The molecule has 0 saturated carbocycles. The van der Waals surface area contributed by atoms with E-state index in [1.165, 1.54) is 11.3 Å². The summed E-state index contributed by atoms with van der Waals surface area (Å²) < 4.78 is 5.03. The first kappa shape index (κ1) is 13.8. The van der Waals surface area contributed by atoms with E-state index in [9.17, 15) is 4.79 Å². The van der Waals surface area contributed by atoms with E-state index in [4.69, 9.17) is 10.5 Å². The summed E-state index contributed by atoms with van der Waals surface area (Å²) in [5.74, 6) is -0.123. The van der Waals surface area contributed by atoms with Crippen molar-refractivity contribution >= 4 is 27.9 Å². The molecule has 4 N–H and O–H groups in total. The summed E-state index contributed by atoms with van der Waals surface area (Å²) in [7, 11) is 1.65. The van der Waals surface area contributed by atoms with Crippen LogP contribution in [0.4, 0.5) is 10.7 Å². The van der Waals surface area contributed by atoms with Crippen molar-refractivity contribution in [1.29, 1.82) is 0 Å². The van der Waals surface area contributed by atoms with Gasteiger partial charge in [0.05, 0.1) is 17.3 Å². The molecule has 6 heteroatoms. The number of thiophene rings is 1. The Morgan fingerprint density at radius 3 is 2.94 bits per heavy atom. The molecular weight excluding hydrogens is 238 g/mol. The maximum atomic E-state index is 11.7. The van der Waals surface area contributed by atoms with Crippen LogP contribution in [-0.2, 0) is 4.74 Å². The van der Waals surface area contributed by atoms with Gasteiger partial charge in [-0.2, -0.15) is 0 Å². The van der Waals surface area contributed by atoms with E-state index < -0.39 is 0 Å². The Morgan fingerprint density at radius 2 is 2.35 bits per heavy atom. The summed E-state index contributed by atoms with van der Waals surface area (Å²) >= 11 is 1.36. The smallest absolute Gasteiger partial charge is 0.263 e. The highest BCUT2D eigenvalue weighted by molar-refractivity contribution is 7.18. The highest BCUT2D eigenvalue weighted by Crippen LogP contribution is 2.29. The van der Waals surface area contributed by atoms with E-state index in [0.717, 1.165) is 5.00 Å². The van der Waals surface area contributed by atoms with Gasteiger partial charge in [-0.15, -0.1) is 11.3 Å². The zero-order valence-electron chi connectivity index (χ0n) is 10.4. The normalized spacial score (nSPS) is 12.2.